The summed E-state index contributed by atoms with van der Waals surface area (Å²) < 4.78 is 27.7. The minimum absolute atomic E-state index is 0.189. The van der Waals surface area contributed by atoms with Crippen molar-refractivity contribution in [1.82, 2.24) is 0 Å². The molecule has 0 spiro atoms. The Bertz CT molecular complexity index is 792. The summed E-state index contributed by atoms with van der Waals surface area (Å²) in [7, 11) is -3.65. The number of terminal acetylenes is 1. The predicted octanol–water partition coefficient (Wildman–Crippen LogP) is 3.54. The molecule has 1 N–H and O–H groups in total. The highest BCUT2D eigenvalue weighted by molar-refractivity contribution is 9.10. The Balaban J connectivity index is 2.38. The largest absolute Gasteiger partial charge is 0.280 e. The average Bonchev–Trinajstić information content (AvgIpc) is 2.37. The smallest absolute Gasteiger partial charge is 0.263 e. The first-order valence-corrected chi connectivity index (χ1v) is 8.05. The van der Waals surface area contributed by atoms with Crippen molar-refractivity contribution < 1.29 is 8.42 Å². The number of hydrogen-bond donors (Lipinski definition) is 1. The van der Waals surface area contributed by atoms with Crippen LogP contribution in [-0.4, -0.2) is 8.42 Å². The van der Waals surface area contributed by atoms with Crippen LogP contribution in [0.25, 0.3) is 0 Å². The molecule has 0 aliphatic carbocycles. The first-order chi connectivity index (χ1) is 9.42. The van der Waals surface area contributed by atoms with Gasteiger partial charge in [0.05, 0.1) is 5.69 Å². The van der Waals surface area contributed by atoms with Gasteiger partial charge in [0.15, 0.2) is 0 Å². The van der Waals surface area contributed by atoms with Gasteiger partial charge < -0.3 is 0 Å². The van der Waals surface area contributed by atoms with Crippen LogP contribution < -0.4 is 4.72 Å². The van der Waals surface area contributed by atoms with Gasteiger partial charge in [-0.3, -0.25) is 4.72 Å². The van der Waals surface area contributed by atoms with Crippen molar-refractivity contribution in [2.45, 2.75) is 11.8 Å². The van der Waals surface area contributed by atoms with Crippen molar-refractivity contribution in [3.05, 3.63) is 58.1 Å². The van der Waals surface area contributed by atoms with E-state index in [0.29, 0.717) is 15.7 Å². The maximum Gasteiger partial charge on any atom is 0.263 e. The standard InChI is InChI=1S/C15H12BrNO2S/c1-3-12-5-4-6-13(10-12)17-20(18,19)15-8-7-11(2)9-14(15)16/h1,4-10,17H,2H3. The molecular formula is C15H12BrNO2S. The molecule has 3 nitrogen and oxygen atoms in total. The van der Waals surface area contributed by atoms with E-state index < -0.39 is 10.0 Å². The number of halogens is 1. The summed E-state index contributed by atoms with van der Waals surface area (Å²) >= 11 is 3.27. The lowest BCUT2D eigenvalue weighted by molar-refractivity contribution is 0.600. The van der Waals surface area contributed by atoms with Gasteiger partial charge in [-0.15, -0.1) is 6.42 Å². The molecule has 0 aromatic heterocycles. The van der Waals surface area contributed by atoms with Crippen molar-refractivity contribution in [1.29, 1.82) is 0 Å². The second-order valence-corrected chi connectivity index (χ2v) is 6.77. The SMILES string of the molecule is C#Cc1cccc(NS(=O)(=O)c2ccc(C)cc2Br)c1. The number of anilines is 1. The predicted molar refractivity (Wildman–Crippen MR) is 84.1 cm³/mol. The molecule has 2 aromatic rings. The van der Waals surface area contributed by atoms with Gasteiger partial charge in [0.25, 0.3) is 10.0 Å². The van der Waals surface area contributed by atoms with Crippen LogP contribution in [0.2, 0.25) is 0 Å². The molecule has 0 unspecified atom stereocenters. The fraction of sp³-hybridized carbons (Fsp3) is 0.0667. The van der Waals surface area contributed by atoms with Gasteiger partial charge in [0, 0.05) is 10.0 Å². The highest BCUT2D eigenvalue weighted by Gasteiger charge is 2.17. The van der Waals surface area contributed by atoms with Gasteiger partial charge in [-0.2, -0.15) is 0 Å². The molecule has 0 radical (unpaired) electrons. The molecule has 0 saturated heterocycles. The second kappa shape index (κ2) is 5.70. The molecule has 0 bridgehead atoms. The molecular weight excluding hydrogens is 338 g/mol. The molecule has 5 heteroatoms. The van der Waals surface area contributed by atoms with Crippen molar-refractivity contribution in [2.75, 3.05) is 4.72 Å². The Labute approximate surface area is 127 Å². The zero-order valence-electron chi connectivity index (χ0n) is 10.7. The summed E-state index contributed by atoms with van der Waals surface area (Å²) in [4.78, 5) is 0.189. The second-order valence-electron chi connectivity index (χ2n) is 4.26. The highest BCUT2D eigenvalue weighted by atomic mass is 79.9. The van der Waals surface area contributed by atoms with Gasteiger partial charge in [-0.05, 0) is 58.7 Å². The van der Waals surface area contributed by atoms with Gasteiger partial charge in [-0.25, -0.2) is 8.42 Å². The third-order valence-corrected chi connectivity index (χ3v) is 5.02. The number of sulfonamides is 1. The summed E-state index contributed by atoms with van der Waals surface area (Å²) in [5.74, 6) is 2.47. The van der Waals surface area contributed by atoms with Crippen LogP contribution in [0, 0.1) is 19.3 Å². The molecule has 0 atom stereocenters. The first-order valence-electron chi connectivity index (χ1n) is 5.78. The maximum absolute atomic E-state index is 12.3. The van der Waals surface area contributed by atoms with E-state index >= 15 is 0 Å². The number of rotatable bonds is 3. The number of benzene rings is 2. The fourth-order valence-corrected chi connectivity index (χ4v) is 3.95. The van der Waals surface area contributed by atoms with Crippen molar-refractivity contribution >= 4 is 31.6 Å². The highest BCUT2D eigenvalue weighted by Crippen LogP contribution is 2.25. The zero-order valence-corrected chi connectivity index (χ0v) is 13.1. The molecule has 20 heavy (non-hydrogen) atoms. The lowest BCUT2D eigenvalue weighted by Crippen LogP contribution is -2.13. The summed E-state index contributed by atoms with van der Waals surface area (Å²) in [5, 5.41) is 0. The van der Waals surface area contributed by atoms with E-state index in [0.717, 1.165) is 5.56 Å². The van der Waals surface area contributed by atoms with E-state index in [1.165, 1.54) is 0 Å². The summed E-state index contributed by atoms with van der Waals surface area (Å²) in [6.45, 7) is 1.89. The Kier molecular flexibility index (Phi) is 4.17. The third-order valence-electron chi connectivity index (χ3n) is 2.66. The quantitative estimate of drug-likeness (QED) is 0.861. The molecule has 0 saturated carbocycles. The van der Waals surface area contributed by atoms with E-state index in [4.69, 9.17) is 6.42 Å². The topological polar surface area (TPSA) is 46.2 Å². The van der Waals surface area contributed by atoms with Crippen LogP contribution in [0.1, 0.15) is 11.1 Å². The monoisotopic (exact) mass is 349 g/mol. The van der Waals surface area contributed by atoms with Crippen LogP contribution in [0.3, 0.4) is 0 Å². The van der Waals surface area contributed by atoms with Crippen molar-refractivity contribution in [3.8, 4) is 12.3 Å². The lowest BCUT2D eigenvalue weighted by Gasteiger charge is -2.10. The minimum atomic E-state index is -3.65. The zero-order chi connectivity index (χ0) is 14.8. The van der Waals surface area contributed by atoms with E-state index in [2.05, 4.69) is 26.6 Å². The lowest BCUT2D eigenvalue weighted by atomic mass is 10.2. The van der Waals surface area contributed by atoms with E-state index in [-0.39, 0.29) is 4.90 Å². The van der Waals surface area contributed by atoms with E-state index in [1.54, 1.807) is 42.5 Å². The Morgan fingerprint density at radius 3 is 2.60 bits per heavy atom. The van der Waals surface area contributed by atoms with Crippen LogP contribution in [0.4, 0.5) is 5.69 Å². The van der Waals surface area contributed by atoms with E-state index in [1.807, 2.05) is 6.92 Å². The van der Waals surface area contributed by atoms with Gasteiger partial charge >= 0.3 is 0 Å². The molecule has 0 amide bonds. The molecule has 0 fully saturated rings. The summed E-state index contributed by atoms with van der Waals surface area (Å²) in [6.07, 6.45) is 5.30. The molecule has 2 rings (SSSR count). The van der Waals surface area contributed by atoms with Gasteiger partial charge in [0.1, 0.15) is 4.90 Å². The number of hydrogen-bond acceptors (Lipinski definition) is 2. The molecule has 2 aromatic carbocycles. The van der Waals surface area contributed by atoms with Crippen LogP contribution in [0.15, 0.2) is 51.8 Å². The maximum atomic E-state index is 12.3. The van der Waals surface area contributed by atoms with Crippen LogP contribution in [0.5, 0.6) is 0 Å². The minimum Gasteiger partial charge on any atom is -0.280 e. The average molecular weight is 350 g/mol. The molecule has 0 aliphatic rings. The summed E-state index contributed by atoms with van der Waals surface area (Å²) in [5.41, 5.74) is 2.03. The fourth-order valence-electron chi connectivity index (χ4n) is 1.71. The van der Waals surface area contributed by atoms with Crippen molar-refractivity contribution in [2.24, 2.45) is 0 Å². The Morgan fingerprint density at radius 2 is 1.95 bits per heavy atom. The third kappa shape index (κ3) is 3.21. The molecule has 0 aliphatic heterocycles. The summed E-state index contributed by atoms with van der Waals surface area (Å²) in [6, 6.07) is 11.8. The van der Waals surface area contributed by atoms with E-state index in [9.17, 15) is 8.42 Å². The Hall–Kier alpha value is -1.77. The number of aryl methyl sites for hydroxylation is 1. The van der Waals surface area contributed by atoms with Gasteiger partial charge in [0.2, 0.25) is 0 Å². The molecule has 0 heterocycles. The number of nitrogens with one attached hydrogen (secondary N) is 1. The van der Waals surface area contributed by atoms with Crippen LogP contribution in [-0.2, 0) is 10.0 Å². The Morgan fingerprint density at radius 1 is 1.20 bits per heavy atom. The van der Waals surface area contributed by atoms with Crippen LogP contribution >= 0.6 is 15.9 Å². The normalized spacial score (nSPS) is 10.8. The first kappa shape index (κ1) is 14.6. The van der Waals surface area contributed by atoms with Crippen molar-refractivity contribution in [3.63, 3.8) is 0 Å². The van der Waals surface area contributed by atoms with Gasteiger partial charge in [-0.1, -0.05) is 18.1 Å². The molecule has 102 valence electrons.